The highest BCUT2D eigenvalue weighted by atomic mass is 79.9. The number of halogens is 1. The summed E-state index contributed by atoms with van der Waals surface area (Å²) in [4.78, 5) is 2.17. The number of hydrogen-bond acceptors (Lipinski definition) is 2. The highest BCUT2D eigenvalue weighted by Crippen LogP contribution is 2.24. The summed E-state index contributed by atoms with van der Waals surface area (Å²) >= 11 is 3.41. The average molecular weight is 284 g/mol. The number of anilines is 1. The minimum Gasteiger partial charge on any atom is -0.392 e. The number of benzene rings is 1. The predicted octanol–water partition coefficient (Wildman–Crippen LogP) is 3.34. The van der Waals surface area contributed by atoms with Crippen molar-refractivity contribution < 1.29 is 5.11 Å². The van der Waals surface area contributed by atoms with Crippen molar-refractivity contribution in [2.24, 2.45) is 0 Å². The molecule has 0 unspecified atom stereocenters. The van der Waals surface area contributed by atoms with Gasteiger partial charge in [-0.3, -0.25) is 0 Å². The molecule has 16 heavy (non-hydrogen) atoms. The maximum atomic E-state index is 9.30. The molecule has 0 aliphatic carbocycles. The van der Waals surface area contributed by atoms with Crippen molar-refractivity contribution in [3.63, 3.8) is 0 Å². The van der Waals surface area contributed by atoms with Crippen LogP contribution in [0.5, 0.6) is 0 Å². The SMILES string of the molecule is C=CCCCN(C)c1ccc(Br)cc1CO. The smallest absolute Gasteiger partial charge is 0.0702 e. The van der Waals surface area contributed by atoms with E-state index in [1.165, 1.54) is 0 Å². The fourth-order valence-electron chi connectivity index (χ4n) is 1.65. The molecule has 0 aliphatic heterocycles. The fraction of sp³-hybridized carbons (Fsp3) is 0.385. The van der Waals surface area contributed by atoms with E-state index in [1.807, 2.05) is 31.3 Å². The second-order valence-corrected chi connectivity index (χ2v) is 4.70. The van der Waals surface area contributed by atoms with E-state index in [1.54, 1.807) is 0 Å². The number of hydrogen-bond donors (Lipinski definition) is 1. The van der Waals surface area contributed by atoms with Crippen LogP contribution in [0.2, 0.25) is 0 Å². The Balaban J connectivity index is 2.73. The third-order valence-corrected chi connectivity index (χ3v) is 3.02. The molecule has 0 aromatic heterocycles. The van der Waals surface area contributed by atoms with Gasteiger partial charge in [-0.15, -0.1) is 6.58 Å². The molecule has 0 atom stereocenters. The topological polar surface area (TPSA) is 23.5 Å². The zero-order chi connectivity index (χ0) is 12.0. The van der Waals surface area contributed by atoms with Crippen molar-refractivity contribution in [2.75, 3.05) is 18.5 Å². The van der Waals surface area contributed by atoms with Gasteiger partial charge in [-0.05, 0) is 31.0 Å². The van der Waals surface area contributed by atoms with Crippen LogP contribution in [-0.2, 0) is 6.61 Å². The van der Waals surface area contributed by atoms with Gasteiger partial charge < -0.3 is 10.0 Å². The van der Waals surface area contributed by atoms with Crippen LogP contribution >= 0.6 is 15.9 Å². The van der Waals surface area contributed by atoms with E-state index in [-0.39, 0.29) is 6.61 Å². The van der Waals surface area contributed by atoms with Gasteiger partial charge in [0.2, 0.25) is 0 Å². The maximum Gasteiger partial charge on any atom is 0.0702 e. The van der Waals surface area contributed by atoms with Gasteiger partial charge >= 0.3 is 0 Å². The second kappa shape index (κ2) is 6.71. The average Bonchev–Trinajstić information content (AvgIpc) is 2.29. The molecule has 1 aromatic rings. The number of unbranched alkanes of at least 4 members (excludes halogenated alkanes) is 1. The highest BCUT2D eigenvalue weighted by Gasteiger charge is 2.06. The van der Waals surface area contributed by atoms with Gasteiger partial charge in [0.05, 0.1) is 6.61 Å². The van der Waals surface area contributed by atoms with Crippen molar-refractivity contribution in [1.29, 1.82) is 0 Å². The molecule has 1 rings (SSSR count). The summed E-state index contributed by atoms with van der Waals surface area (Å²) in [5.74, 6) is 0. The summed E-state index contributed by atoms with van der Waals surface area (Å²) in [6.45, 7) is 4.75. The van der Waals surface area contributed by atoms with Gasteiger partial charge in [-0.25, -0.2) is 0 Å². The quantitative estimate of drug-likeness (QED) is 0.639. The summed E-state index contributed by atoms with van der Waals surface area (Å²) < 4.78 is 1.000. The molecule has 0 bridgehead atoms. The van der Waals surface area contributed by atoms with Crippen molar-refractivity contribution in [3.05, 3.63) is 40.9 Å². The predicted molar refractivity (Wildman–Crippen MR) is 72.8 cm³/mol. The Hall–Kier alpha value is -0.800. The first-order chi connectivity index (χ1) is 7.69. The van der Waals surface area contributed by atoms with Crippen LogP contribution in [0.1, 0.15) is 18.4 Å². The zero-order valence-electron chi connectivity index (χ0n) is 9.62. The molecule has 0 heterocycles. The van der Waals surface area contributed by atoms with Crippen LogP contribution in [-0.4, -0.2) is 18.7 Å². The van der Waals surface area contributed by atoms with Gasteiger partial charge in [-0.1, -0.05) is 22.0 Å². The lowest BCUT2D eigenvalue weighted by Gasteiger charge is -2.21. The first-order valence-electron chi connectivity index (χ1n) is 5.40. The van der Waals surface area contributed by atoms with Gasteiger partial charge in [0, 0.05) is 29.3 Å². The molecule has 0 radical (unpaired) electrons. The Bertz CT molecular complexity index is 352. The monoisotopic (exact) mass is 283 g/mol. The Morgan fingerprint density at radius 2 is 2.25 bits per heavy atom. The van der Waals surface area contributed by atoms with Crippen LogP contribution in [0.25, 0.3) is 0 Å². The third-order valence-electron chi connectivity index (χ3n) is 2.52. The lowest BCUT2D eigenvalue weighted by molar-refractivity contribution is 0.282. The van der Waals surface area contributed by atoms with Gasteiger partial charge in [0.25, 0.3) is 0 Å². The first kappa shape index (κ1) is 13.3. The maximum absolute atomic E-state index is 9.30. The van der Waals surface area contributed by atoms with Crippen molar-refractivity contribution >= 4 is 21.6 Å². The van der Waals surface area contributed by atoms with Crippen LogP contribution in [0, 0.1) is 0 Å². The molecule has 2 nitrogen and oxygen atoms in total. The molecule has 1 N–H and O–H groups in total. The Morgan fingerprint density at radius 1 is 1.50 bits per heavy atom. The van der Waals surface area contributed by atoms with Crippen molar-refractivity contribution in [3.8, 4) is 0 Å². The van der Waals surface area contributed by atoms with E-state index in [9.17, 15) is 5.11 Å². The molecular formula is C13H18BrNO. The van der Waals surface area contributed by atoms with E-state index in [0.717, 1.165) is 35.1 Å². The van der Waals surface area contributed by atoms with Gasteiger partial charge in [-0.2, -0.15) is 0 Å². The molecule has 0 amide bonds. The number of aliphatic hydroxyl groups is 1. The van der Waals surface area contributed by atoms with Gasteiger partial charge in [0.15, 0.2) is 0 Å². The number of aliphatic hydroxyl groups excluding tert-OH is 1. The molecule has 1 aromatic carbocycles. The number of rotatable bonds is 6. The largest absolute Gasteiger partial charge is 0.392 e. The number of allylic oxidation sites excluding steroid dienone is 1. The van der Waals surface area contributed by atoms with Crippen molar-refractivity contribution in [2.45, 2.75) is 19.4 Å². The van der Waals surface area contributed by atoms with E-state index in [0.29, 0.717) is 0 Å². The summed E-state index contributed by atoms with van der Waals surface area (Å²) in [6, 6.07) is 5.99. The summed E-state index contributed by atoms with van der Waals surface area (Å²) in [6.07, 6.45) is 4.04. The van der Waals surface area contributed by atoms with E-state index in [2.05, 4.69) is 27.4 Å². The zero-order valence-corrected chi connectivity index (χ0v) is 11.2. The van der Waals surface area contributed by atoms with Crippen molar-refractivity contribution in [1.82, 2.24) is 0 Å². The van der Waals surface area contributed by atoms with Crippen LogP contribution in [0.3, 0.4) is 0 Å². The molecular weight excluding hydrogens is 266 g/mol. The molecule has 0 aliphatic rings. The summed E-state index contributed by atoms with van der Waals surface area (Å²) in [5.41, 5.74) is 2.05. The molecule has 88 valence electrons. The minimum atomic E-state index is 0.0700. The Kier molecular flexibility index (Phi) is 5.56. The standard InChI is InChI=1S/C13H18BrNO/c1-3-4-5-8-15(2)13-7-6-12(14)9-11(13)10-16/h3,6-7,9,16H,1,4-5,8,10H2,2H3. The minimum absolute atomic E-state index is 0.0700. The first-order valence-corrected chi connectivity index (χ1v) is 6.19. The third kappa shape index (κ3) is 3.65. The van der Waals surface area contributed by atoms with Crippen LogP contribution in [0.15, 0.2) is 35.3 Å². The molecule has 0 fully saturated rings. The van der Waals surface area contributed by atoms with Crippen LogP contribution < -0.4 is 4.90 Å². The van der Waals surface area contributed by atoms with Crippen LogP contribution in [0.4, 0.5) is 5.69 Å². The Morgan fingerprint density at radius 3 is 2.88 bits per heavy atom. The molecule has 0 saturated carbocycles. The van der Waals surface area contributed by atoms with E-state index < -0.39 is 0 Å². The van der Waals surface area contributed by atoms with E-state index in [4.69, 9.17) is 0 Å². The van der Waals surface area contributed by atoms with Gasteiger partial charge in [0.1, 0.15) is 0 Å². The molecule has 3 heteroatoms. The lowest BCUT2D eigenvalue weighted by Crippen LogP contribution is -2.19. The number of nitrogens with zero attached hydrogens (tertiary/aromatic N) is 1. The Labute approximate surface area is 106 Å². The lowest BCUT2D eigenvalue weighted by atomic mass is 10.1. The molecule has 0 spiro atoms. The summed E-state index contributed by atoms with van der Waals surface area (Å²) in [5, 5.41) is 9.30. The normalized spacial score (nSPS) is 10.2. The highest BCUT2D eigenvalue weighted by molar-refractivity contribution is 9.10. The fourth-order valence-corrected chi connectivity index (χ4v) is 2.05. The second-order valence-electron chi connectivity index (χ2n) is 3.78. The molecule has 0 saturated heterocycles. The van der Waals surface area contributed by atoms with E-state index >= 15 is 0 Å². The summed E-state index contributed by atoms with van der Waals surface area (Å²) in [7, 11) is 2.05.